The summed E-state index contributed by atoms with van der Waals surface area (Å²) in [4.78, 5) is 14.1. The van der Waals surface area contributed by atoms with E-state index in [2.05, 4.69) is 17.9 Å². The average Bonchev–Trinajstić information content (AvgIpc) is 2.42. The fraction of sp³-hybridized carbons (Fsp3) is 0.133. The Balaban J connectivity index is 2.12. The van der Waals surface area contributed by atoms with E-state index in [9.17, 15) is 9.18 Å². The highest BCUT2D eigenvalue weighted by Gasteiger charge is 2.08. The summed E-state index contributed by atoms with van der Waals surface area (Å²) in [7, 11) is 3.89. The highest BCUT2D eigenvalue weighted by atomic mass is 32.1. The maximum Gasteiger partial charge on any atom is 0.255 e. The van der Waals surface area contributed by atoms with Crippen molar-refractivity contribution < 1.29 is 9.18 Å². The Morgan fingerprint density at radius 1 is 1.15 bits per heavy atom. The van der Waals surface area contributed by atoms with Crippen molar-refractivity contribution in [3.8, 4) is 0 Å². The molecule has 104 valence electrons. The second-order valence-electron chi connectivity index (χ2n) is 4.56. The zero-order valence-corrected chi connectivity index (χ0v) is 12.1. The molecule has 0 aliphatic carbocycles. The second kappa shape index (κ2) is 5.96. The lowest BCUT2D eigenvalue weighted by Crippen LogP contribution is -2.12. The number of benzene rings is 2. The van der Waals surface area contributed by atoms with E-state index in [0.717, 1.165) is 5.69 Å². The molecule has 0 unspecified atom stereocenters. The highest BCUT2D eigenvalue weighted by Crippen LogP contribution is 2.18. The molecule has 0 heterocycles. The van der Waals surface area contributed by atoms with Crippen LogP contribution in [0.15, 0.2) is 47.4 Å². The quantitative estimate of drug-likeness (QED) is 0.849. The van der Waals surface area contributed by atoms with Crippen LogP contribution in [0.2, 0.25) is 0 Å². The van der Waals surface area contributed by atoms with E-state index >= 15 is 0 Å². The van der Waals surface area contributed by atoms with Crippen LogP contribution < -0.4 is 10.2 Å². The monoisotopic (exact) mass is 290 g/mol. The maximum atomic E-state index is 13.1. The molecule has 1 amide bonds. The molecule has 0 spiro atoms. The summed E-state index contributed by atoms with van der Waals surface area (Å²) in [5.74, 6) is -0.738. The Hall–Kier alpha value is -2.01. The van der Waals surface area contributed by atoms with E-state index in [-0.39, 0.29) is 10.8 Å². The van der Waals surface area contributed by atoms with Crippen LogP contribution in [0.3, 0.4) is 0 Å². The molecular formula is C15H15FN2OS. The molecule has 0 saturated carbocycles. The summed E-state index contributed by atoms with van der Waals surface area (Å²) >= 11 is 3.96. The third-order valence-corrected chi connectivity index (χ3v) is 3.19. The molecule has 0 fully saturated rings. The summed E-state index contributed by atoms with van der Waals surface area (Å²) < 4.78 is 13.1. The number of thiol groups is 1. The summed E-state index contributed by atoms with van der Waals surface area (Å²) in [6, 6.07) is 11.5. The van der Waals surface area contributed by atoms with Gasteiger partial charge in [0.05, 0.1) is 0 Å². The van der Waals surface area contributed by atoms with Crippen LogP contribution in [0.25, 0.3) is 0 Å². The van der Waals surface area contributed by atoms with Crippen molar-refractivity contribution >= 4 is 29.9 Å². The van der Waals surface area contributed by atoms with E-state index in [0.29, 0.717) is 11.3 Å². The van der Waals surface area contributed by atoms with Gasteiger partial charge >= 0.3 is 0 Å². The molecule has 0 aliphatic heterocycles. The molecule has 2 rings (SSSR count). The standard InChI is InChI=1S/C15H15FN2OS/c1-18(2)12-6-4-11(5-7-12)17-15(19)10-3-8-13(16)14(20)9-10/h3-9,20H,1-2H3,(H,17,19). The predicted octanol–water partition coefficient (Wildman–Crippen LogP) is 3.43. The Kier molecular flexibility index (Phi) is 4.29. The molecule has 0 radical (unpaired) electrons. The summed E-state index contributed by atoms with van der Waals surface area (Å²) in [6.07, 6.45) is 0. The van der Waals surface area contributed by atoms with Crippen LogP contribution in [0, 0.1) is 5.82 Å². The van der Waals surface area contributed by atoms with Crippen LogP contribution in [-0.2, 0) is 0 Å². The first kappa shape index (κ1) is 14.4. The number of anilines is 2. The van der Waals surface area contributed by atoms with Gasteiger partial charge in [0, 0.05) is 35.9 Å². The summed E-state index contributed by atoms with van der Waals surface area (Å²) in [6.45, 7) is 0. The van der Waals surface area contributed by atoms with Crippen LogP contribution in [0.4, 0.5) is 15.8 Å². The number of hydrogen-bond donors (Lipinski definition) is 2. The first-order chi connectivity index (χ1) is 9.47. The van der Waals surface area contributed by atoms with Crippen molar-refractivity contribution in [2.24, 2.45) is 0 Å². The van der Waals surface area contributed by atoms with E-state index < -0.39 is 5.82 Å². The summed E-state index contributed by atoms with van der Waals surface area (Å²) in [5.41, 5.74) is 2.10. The molecule has 0 aliphatic rings. The minimum Gasteiger partial charge on any atom is -0.378 e. The maximum absolute atomic E-state index is 13.1. The molecule has 0 aromatic heterocycles. The number of rotatable bonds is 3. The fourth-order valence-electron chi connectivity index (χ4n) is 1.70. The average molecular weight is 290 g/mol. The fourth-order valence-corrected chi connectivity index (χ4v) is 1.91. The third-order valence-electron chi connectivity index (χ3n) is 2.85. The molecule has 2 aromatic carbocycles. The molecule has 2 aromatic rings. The number of hydrogen-bond acceptors (Lipinski definition) is 3. The van der Waals surface area contributed by atoms with Gasteiger partial charge in [-0.3, -0.25) is 4.79 Å². The predicted molar refractivity (Wildman–Crippen MR) is 82.4 cm³/mol. The molecule has 0 saturated heterocycles. The Labute approximate surface area is 122 Å². The number of carbonyl (C=O) groups is 1. The first-order valence-electron chi connectivity index (χ1n) is 6.04. The van der Waals surface area contributed by atoms with Crippen molar-refractivity contribution in [3.05, 3.63) is 53.8 Å². The van der Waals surface area contributed by atoms with E-state index in [4.69, 9.17) is 0 Å². The van der Waals surface area contributed by atoms with E-state index in [1.54, 1.807) is 0 Å². The lowest BCUT2D eigenvalue weighted by Gasteiger charge is -2.13. The number of carbonyl (C=O) groups excluding carboxylic acids is 1. The van der Waals surface area contributed by atoms with Gasteiger partial charge in [0.1, 0.15) is 5.82 Å². The zero-order chi connectivity index (χ0) is 14.7. The molecule has 0 atom stereocenters. The van der Waals surface area contributed by atoms with Crippen LogP contribution in [0.5, 0.6) is 0 Å². The highest BCUT2D eigenvalue weighted by molar-refractivity contribution is 7.80. The normalized spacial score (nSPS) is 10.2. The molecular weight excluding hydrogens is 275 g/mol. The van der Waals surface area contributed by atoms with Gasteiger partial charge in [0.2, 0.25) is 0 Å². The van der Waals surface area contributed by atoms with Gasteiger partial charge in [-0.05, 0) is 42.5 Å². The van der Waals surface area contributed by atoms with Crippen molar-refractivity contribution in [3.63, 3.8) is 0 Å². The minimum atomic E-state index is -0.444. The number of nitrogens with zero attached hydrogens (tertiary/aromatic N) is 1. The van der Waals surface area contributed by atoms with Gasteiger partial charge in [-0.15, -0.1) is 12.6 Å². The molecule has 3 nitrogen and oxygen atoms in total. The summed E-state index contributed by atoms with van der Waals surface area (Å²) in [5, 5.41) is 2.76. The minimum absolute atomic E-state index is 0.153. The Bertz CT molecular complexity index is 626. The van der Waals surface area contributed by atoms with Gasteiger partial charge in [0.25, 0.3) is 5.91 Å². The van der Waals surface area contributed by atoms with Gasteiger partial charge in [0.15, 0.2) is 0 Å². The van der Waals surface area contributed by atoms with Gasteiger partial charge in [-0.25, -0.2) is 4.39 Å². The van der Waals surface area contributed by atoms with Crippen molar-refractivity contribution in [2.75, 3.05) is 24.3 Å². The largest absolute Gasteiger partial charge is 0.378 e. The number of halogens is 1. The van der Waals surface area contributed by atoms with Crippen molar-refractivity contribution in [1.29, 1.82) is 0 Å². The molecule has 5 heteroatoms. The van der Waals surface area contributed by atoms with Gasteiger partial charge < -0.3 is 10.2 Å². The molecule has 1 N–H and O–H groups in total. The second-order valence-corrected chi connectivity index (χ2v) is 5.04. The van der Waals surface area contributed by atoms with Crippen molar-refractivity contribution in [1.82, 2.24) is 0 Å². The molecule has 0 bridgehead atoms. The first-order valence-corrected chi connectivity index (χ1v) is 6.49. The van der Waals surface area contributed by atoms with Crippen LogP contribution in [-0.4, -0.2) is 20.0 Å². The Morgan fingerprint density at radius 2 is 1.80 bits per heavy atom. The van der Waals surface area contributed by atoms with Crippen LogP contribution in [0.1, 0.15) is 10.4 Å². The van der Waals surface area contributed by atoms with E-state index in [1.807, 2.05) is 43.3 Å². The lowest BCUT2D eigenvalue weighted by molar-refractivity contribution is 0.102. The van der Waals surface area contributed by atoms with E-state index in [1.165, 1.54) is 18.2 Å². The van der Waals surface area contributed by atoms with Crippen molar-refractivity contribution in [2.45, 2.75) is 4.90 Å². The smallest absolute Gasteiger partial charge is 0.255 e. The number of nitrogens with one attached hydrogen (secondary N) is 1. The van der Waals surface area contributed by atoms with Gasteiger partial charge in [-0.1, -0.05) is 0 Å². The lowest BCUT2D eigenvalue weighted by atomic mass is 10.2. The third kappa shape index (κ3) is 3.30. The SMILES string of the molecule is CN(C)c1ccc(NC(=O)c2ccc(F)c(S)c2)cc1. The number of amides is 1. The Morgan fingerprint density at radius 3 is 2.35 bits per heavy atom. The topological polar surface area (TPSA) is 32.3 Å². The zero-order valence-electron chi connectivity index (χ0n) is 11.2. The van der Waals surface area contributed by atoms with Gasteiger partial charge in [-0.2, -0.15) is 0 Å². The molecule has 20 heavy (non-hydrogen) atoms. The van der Waals surface area contributed by atoms with Crippen LogP contribution >= 0.6 is 12.6 Å².